The second kappa shape index (κ2) is 9.39. The number of hydrogen-bond acceptors (Lipinski definition) is 9. The van der Waals surface area contributed by atoms with Crippen LogP contribution in [0.3, 0.4) is 0 Å². The topological polar surface area (TPSA) is 149 Å². The molecule has 210 valence electrons. The van der Waals surface area contributed by atoms with Crippen molar-refractivity contribution < 1.29 is 37.5 Å². The number of aryl methyl sites for hydroxylation is 1. The summed E-state index contributed by atoms with van der Waals surface area (Å²) in [5, 5.41) is 21.4. The number of hydrogen-bond donors (Lipinski definition) is 3. The van der Waals surface area contributed by atoms with Crippen LogP contribution in [0.2, 0.25) is 0 Å². The SMILES string of the molecule is Cc1cn(C2CCC(C(O)(O)OP3(=O)OCc4c(F)c(C(C)(C)C)cc(C(C)(C)C)c4O3)O2)c(=O)[nH]c1=O. The van der Waals surface area contributed by atoms with Gasteiger partial charge in [-0.15, -0.1) is 0 Å². The van der Waals surface area contributed by atoms with Crippen LogP contribution in [0.5, 0.6) is 5.75 Å². The van der Waals surface area contributed by atoms with Crippen LogP contribution in [-0.4, -0.2) is 31.8 Å². The Morgan fingerprint density at radius 1 is 1.11 bits per heavy atom. The van der Waals surface area contributed by atoms with Gasteiger partial charge in [-0.25, -0.2) is 18.3 Å². The average Bonchev–Trinajstić information content (AvgIpc) is 3.25. The maximum atomic E-state index is 15.5. The normalized spacial score (nSPS) is 24.3. The average molecular weight is 557 g/mol. The highest BCUT2D eigenvalue weighted by molar-refractivity contribution is 7.49. The molecule has 1 fully saturated rings. The van der Waals surface area contributed by atoms with Crippen LogP contribution < -0.4 is 15.8 Å². The van der Waals surface area contributed by atoms with E-state index in [0.29, 0.717) is 11.1 Å². The molecule has 3 unspecified atom stereocenters. The van der Waals surface area contributed by atoms with Gasteiger partial charge in [0.15, 0.2) is 0 Å². The molecule has 2 aliphatic rings. The van der Waals surface area contributed by atoms with Crippen molar-refractivity contribution in [2.75, 3.05) is 0 Å². The van der Waals surface area contributed by atoms with Crippen LogP contribution >= 0.6 is 7.82 Å². The molecule has 0 spiro atoms. The molecule has 13 heteroatoms. The summed E-state index contributed by atoms with van der Waals surface area (Å²) in [7, 11) is -4.67. The summed E-state index contributed by atoms with van der Waals surface area (Å²) < 4.78 is 51.6. The number of ether oxygens (including phenoxy) is 1. The van der Waals surface area contributed by atoms with Gasteiger partial charge in [-0.3, -0.25) is 18.9 Å². The largest absolute Gasteiger partial charge is 0.534 e. The highest BCUT2D eigenvalue weighted by Gasteiger charge is 2.52. The predicted octanol–water partition coefficient (Wildman–Crippen LogP) is 3.63. The standard InChI is InChI=1S/C25H34FN2O9P/c1-13-11-28(22(30)27-21(13)29)18-9-8-17(35-18)25(31,32)37-38(33)34-12-14-19(26)15(23(2,3)4)10-16(20(14)36-38)24(5,6)7/h10-11,17-18,31-32H,8-9,12H2,1-7H3,(H,27,29,30). The third-order valence-corrected chi connectivity index (χ3v) is 7.96. The molecule has 0 aliphatic carbocycles. The number of rotatable bonds is 4. The number of benzene rings is 1. The number of aliphatic hydroxyl groups is 2. The Morgan fingerprint density at radius 2 is 1.74 bits per heavy atom. The minimum absolute atomic E-state index is 0.00429. The van der Waals surface area contributed by atoms with Gasteiger partial charge in [0.05, 0.1) is 12.2 Å². The number of halogens is 1. The molecule has 0 amide bonds. The zero-order valence-corrected chi connectivity index (χ0v) is 23.3. The van der Waals surface area contributed by atoms with Crippen LogP contribution in [0.25, 0.3) is 0 Å². The number of aromatic nitrogens is 2. The maximum Gasteiger partial charge on any atom is 0.534 e. The molecule has 0 saturated carbocycles. The monoisotopic (exact) mass is 556 g/mol. The van der Waals surface area contributed by atoms with Crippen molar-refractivity contribution >= 4 is 7.82 Å². The molecule has 3 heterocycles. The van der Waals surface area contributed by atoms with Gasteiger partial charge < -0.3 is 19.5 Å². The zero-order chi connectivity index (χ0) is 28.4. The van der Waals surface area contributed by atoms with Crippen molar-refractivity contribution in [3.63, 3.8) is 0 Å². The number of H-pyrrole nitrogens is 1. The molecule has 0 bridgehead atoms. The van der Waals surface area contributed by atoms with E-state index < -0.39 is 60.6 Å². The molecular formula is C25H34FN2O9P. The van der Waals surface area contributed by atoms with E-state index in [1.165, 1.54) is 13.1 Å². The van der Waals surface area contributed by atoms with Crippen molar-refractivity contribution in [3.8, 4) is 5.75 Å². The summed E-state index contributed by atoms with van der Waals surface area (Å²) in [5.74, 6) is -3.74. The van der Waals surface area contributed by atoms with Crippen molar-refractivity contribution in [1.29, 1.82) is 0 Å². The number of nitrogens with one attached hydrogen (secondary N) is 1. The number of phosphoric ester groups is 1. The van der Waals surface area contributed by atoms with E-state index in [9.17, 15) is 24.4 Å². The van der Waals surface area contributed by atoms with Crippen LogP contribution in [-0.2, 0) is 35.8 Å². The lowest BCUT2D eigenvalue weighted by molar-refractivity contribution is -0.349. The van der Waals surface area contributed by atoms with Crippen molar-refractivity contribution in [2.24, 2.45) is 0 Å². The molecule has 1 aromatic carbocycles. The molecule has 0 radical (unpaired) electrons. The number of fused-ring (bicyclic) bond motifs is 1. The Morgan fingerprint density at radius 3 is 2.34 bits per heavy atom. The fourth-order valence-corrected chi connectivity index (χ4v) is 5.79. The molecule has 3 N–H and O–H groups in total. The first-order valence-electron chi connectivity index (χ1n) is 12.3. The summed E-state index contributed by atoms with van der Waals surface area (Å²) in [6.45, 7) is 12.3. The molecule has 2 aromatic rings. The lowest BCUT2D eigenvalue weighted by Crippen LogP contribution is -2.45. The summed E-state index contributed by atoms with van der Waals surface area (Å²) in [6.07, 6.45) is -0.945. The van der Waals surface area contributed by atoms with Crippen LogP contribution in [0.1, 0.15) is 82.9 Å². The van der Waals surface area contributed by atoms with E-state index in [2.05, 4.69) is 4.98 Å². The third kappa shape index (κ3) is 5.38. The van der Waals surface area contributed by atoms with E-state index in [0.717, 1.165) is 4.57 Å². The molecular weight excluding hydrogens is 522 g/mol. The predicted molar refractivity (Wildman–Crippen MR) is 134 cm³/mol. The molecule has 3 atom stereocenters. The van der Waals surface area contributed by atoms with Gasteiger partial charge in [-0.2, -0.15) is 0 Å². The van der Waals surface area contributed by atoms with Crippen LogP contribution in [0.4, 0.5) is 4.39 Å². The van der Waals surface area contributed by atoms with Gasteiger partial charge in [-0.1, -0.05) is 41.5 Å². The molecule has 1 saturated heterocycles. The fraction of sp³-hybridized carbons (Fsp3) is 0.600. The van der Waals surface area contributed by atoms with Crippen LogP contribution in [0, 0.1) is 12.7 Å². The fourth-order valence-electron chi connectivity index (χ4n) is 4.49. The number of phosphoric acid groups is 1. The van der Waals surface area contributed by atoms with Crippen molar-refractivity contribution in [3.05, 3.63) is 61.2 Å². The highest BCUT2D eigenvalue weighted by atomic mass is 31.2. The summed E-state index contributed by atoms with van der Waals surface area (Å²) >= 11 is 0. The highest BCUT2D eigenvalue weighted by Crippen LogP contribution is 2.59. The minimum Gasteiger partial charge on any atom is -0.403 e. The Bertz CT molecular complexity index is 1420. The molecule has 1 aromatic heterocycles. The lowest BCUT2D eigenvalue weighted by atomic mass is 9.78. The first kappa shape index (κ1) is 28.7. The Hall–Kier alpha value is -2.34. The molecule has 38 heavy (non-hydrogen) atoms. The number of nitrogens with zero attached hydrogens (tertiary/aromatic N) is 1. The van der Waals surface area contributed by atoms with Gasteiger partial charge in [0.25, 0.3) is 5.56 Å². The van der Waals surface area contributed by atoms with E-state index in [1.54, 1.807) is 6.07 Å². The Kier molecular flexibility index (Phi) is 7.08. The van der Waals surface area contributed by atoms with Gasteiger partial charge >= 0.3 is 19.5 Å². The second-order valence-electron chi connectivity index (χ2n) is 11.8. The molecule has 11 nitrogen and oxygen atoms in total. The maximum absolute atomic E-state index is 15.5. The van der Waals surface area contributed by atoms with Gasteiger partial charge in [0, 0.05) is 17.3 Å². The van der Waals surface area contributed by atoms with Gasteiger partial charge in [0.1, 0.15) is 23.9 Å². The lowest BCUT2D eigenvalue weighted by Gasteiger charge is -2.36. The summed E-state index contributed by atoms with van der Waals surface area (Å²) in [4.78, 5) is 26.0. The first-order chi connectivity index (χ1) is 17.3. The second-order valence-corrected chi connectivity index (χ2v) is 13.3. The van der Waals surface area contributed by atoms with Gasteiger partial charge in [-0.05, 0) is 42.2 Å². The smallest absolute Gasteiger partial charge is 0.403 e. The van der Waals surface area contributed by atoms with E-state index >= 15 is 4.39 Å². The Balaban J connectivity index is 1.61. The summed E-state index contributed by atoms with van der Waals surface area (Å²) in [5.41, 5.74) is -1.07. The molecule has 2 aliphatic heterocycles. The van der Waals surface area contributed by atoms with Crippen molar-refractivity contribution in [2.45, 2.75) is 97.0 Å². The van der Waals surface area contributed by atoms with Gasteiger partial charge in [0.2, 0.25) is 0 Å². The zero-order valence-electron chi connectivity index (χ0n) is 22.5. The quantitative estimate of drug-likeness (QED) is 0.379. The minimum atomic E-state index is -4.67. The van der Waals surface area contributed by atoms with E-state index in [-0.39, 0.29) is 29.7 Å². The first-order valence-corrected chi connectivity index (χ1v) is 13.7. The summed E-state index contributed by atoms with van der Waals surface area (Å²) in [6, 6.07) is 1.66. The number of aromatic amines is 1. The Labute approximate surface area is 219 Å². The van der Waals surface area contributed by atoms with Crippen molar-refractivity contribution in [1.82, 2.24) is 9.55 Å². The van der Waals surface area contributed by atoms with E-state index in [1.807, 2.05) is 41.5 Å². The third-order valence-electron chi connectivity index (χ3n) is 6.61. The van der Waals surface area contributed by atoms with Crippen LogP contribution in [0.15, 0.2) is 21.9 Å². The molecule has 4 rings (SSSR count). The van der Waals surface area contributed by atoms with E-state index in [4.69, 9.17) is 18.3 Å².